The first kappa shape index (κ1) is 15.6. The SMILES string of the molecule is COC(C)(C)CC(=O)NC1CC(=O)N(C(C)C)C1=O. The van der Waals surface area contributed by atoms with Gasteiger partial charge in [0.05, 0.1) is 18.4 Å². The molecule has 6 heteroatoms. The van der Waals surface area contributed by atoms with Crippen molar-refractivity contribution in [3.8, 4) is 0 Å². The zero-order chi connectivity index (χ0) is 14.8. The highest BCUT2D eigenvalue weighted by Gasteiger charge is 2.40. The predicted octanol–water partition coefficient (Wildman–Crippen LogP) is 0.454. The van der Waals surface area contributed by atoms with Crippen LogP contribution >= 0.6 is 0 Å². The molecule has 1 aliphatic rings. The Morgan fingerprint density at radius 1 is 1.47 bits per heavy atom. The van der Waals surface area contributed by atoms with Gasteiger partial charge in [0.25, 0.3) is 5.91 Å². The number of methoxy groups -OCH3 is 1. The number of nitrogens with one attached hydrogen (secondary N) is 1. The van der Waals surface area contributed by atoms with E-state index in [1.807, 2.05) is 0 Å². The van der Waals surface area contributed by atoms with Crippen LogP contribution < -0.4 is 5.32 Å². The van der Waals surface area contributed by atoms with Gasteiger partial charge in [0.15, 0.2) is 0 Å². The Hall–Kier alpha value is -1.43. The smallest absolute Gasteiger partial charge is 0.252 e. The van der Waals surface area contributed by atoms with Crippen LogP contribution in [0.3, 0.4) is 0 Å². The maximum Gasteiger partial charge on any atom is 0.252 e. The van der Waals surface area contributed by atoms with Crippen LogP contribution in [0.15, 0.2) is 0 Å². The van der Waals surface area contributed by atoms with E-state index in [4.69, 9.17) is 4.74 Å². The van der Waals surface area contributed by atoms with Gasteiger partial charge in [0.1, 0.15) is 6.04 Å². The van der Waals surface area contributed by atoms with Gasteiger partial charge in [-0.1, -0.05) is 0 Å². The van der Waals surface area contributed by atoms with Crippen LogP contribution in [0.5, 0.6) is 0 Å². The summed E-state index contributed by atoms with van der Waals surface area (Å²) in [6, 6.07) is -0.924. The number of hydrogen-bond donors (Lipinski definition) is 1. The molecule has 0 bridgehead atoms. The van der Waals surface area contributed by atoms with Crippen LogP contribution in [0, 0.1) is 0 Å². The topological polar surface area (TPSA) is 75.7 Å². The van der Waals surface area contributed by atoms with E-state index in [0.29, 0.717) is 0 Å². The van der Waals surface area contributed by atoms with Gasteiger partial charge < -0.3 is 10.1 Å². The largest absolute Gasteiger partial charge is 0.378 e. The first-order valence-corrected chi connectivity index (χ1v) is 6.38. The summed E-state index contributed by atoms with van der Waals surface area (Å²) in [5, 5.41) is 2.60. The predicted molar refractivity (Wildman–Crippen MR) is 69.2 cm³/mol. The van der Waals surface area contributed by atoms with E-state index >= 15 is 0 Å². The Kier molecular flexibility index (Phi) is 4.68. The molecular formula is C13H22N2O4. The van der Waals surface area contributed by atoms with E-state index < -0.39 is 11.6 Å². The molecule has 1 aliphatic heterocycles. The first-order valence-electron chi connectivity index (χ1n) is 6.38. The third-order valence-corrected chi connectivity index (χ3v) is 3.17. The minimum atomic E-state index is -0.741. The van der Waals surface area contributed by atoms with Gasteiger partial charge in [-0.3, -0.25) is 19.3 Å². The zero-order valence-corrected chi connectivity index (χ0v) is 12.1. The molecule has 3 amide bonds. The number of amides is 3. The zero-order valence-electron chi connectivity index (χ0n) is 12.1. The number of nitrogens with zero attached hydrogens (tertiary/aromatic N) is 1. The minimum absolute atomic E-state index is 0.0379. The molecule has 0 aromatic rings. The van der Waals surface area contributed by atoms with Crippen LogP contribution in [-0.2, 0) is 19.1 Å². The second kappa shape index (κ2) is 5.69. The molecule has 0 spiro atoms. The lowest BCUT2D eigenvalue weighted by Gasteiger charge is -2.23. The van der Waals surface area contributed by atoms with Crippen molar-refractivity contribution in [2.75, 3.05) is 7.11 Å². The second-order valence-electron chi connectivity index (χ2n) is 5.66. The molecule has 1 fully saturated rings. The summed E-state index contributed by atoms with van der Waals surface area (Å²) >= 11 is 0. The second-order valence-corrected chi connectivity index (χ2v) is 5.66. The minimum Gasteiger partial charge on any atom is -0.378 e. The standard InChI is InChI=1S/C13H22N2O4/c1-8(2)15-11(17)6-9(12(15)18)14-10(16)7-13(3,4)19-5/h8-9H,6-7H2,1-5H3,(H,14,16). The van der Waals surface area contributed by atoms with Gasteiger partial charge >= 0.3 is 0 Å². The van der Waals surface area contributed by atoms with Crippen LogP contribution in [0.25, 0.3) is 0 Å². The highest BCUT2D eigenvalue weighted by molar-refractivity contribution is 6.07. The molecule has 1 atom stereocenters. The van der Waals surface area contributed by atoms with Crippen LogP contribution in [0.2, 0.25) is 0 Å². The van der Waals surface area contributed by atoms with E-state index in [1.54, 1.807) is 27.7 Å². The molecule has 0 aliphatic carbocycles. The number of imide groups is 1. The number of likely N-dealkylation sites (tertiary alicyclic amines) is 1. The van der Waals surface area contributed by atoms with Crippen molar-refractivity contribution in [3.63, 3.8) is 0 Å². The number of carbonyl (C=O) groups excluding carboxylic acids is 3. The van der Waals surface area contributed by atoms with Crippen molar-refractivity contribution in [1.82, 2.24) is 10.2 Å². The molecule has 1 saturated heterocycles. The molecule has 0 radical (unpaired) electrons. The van der Waals surface area contributed by atoms with E-state index in [0.717, 1.165) is 0 Å². The summed E-state index contributed by atoms with van der Waals surface area (Å²) in [5.74, 6) is -0.858. The molecule has 6 nitrogen and oxygen atoms in total. The summed E-state index contributed by atoms with van der Waals surface area (Å²) in [7, 11) is 1.53. The molecule has 0 aromatic heterocycles. The summed E-state index contributed by atoms with van der Waals surface area (Å²) in [5.41, 5.74) is -0.590. The van der Waals surface area contributed by atoms with E-state index in [2.05, 4.69) is 5.32 Å². The third-order valence-electron chi connectivity index (χ3n) is 3.17. The molecule has 1 rings (SSSR count). The third kappa shape index (κ3) is 3.76. The van der Waals surface area contributed by atoms with Crippen molar-refractivity contribution in [2.24, 2.45) is 0 Å². The van der Waals surface area contributed by atoms with E-state index in [9.17, 15) is 14.4 Å². The Bertz CT molecular complexity index is 390. The number of hydrogen-bond acceptors (Lipinski definition) is 4. The monoisotopic (exact) mass is 270 g/mol. The van der Waals surface area contributed by atoms with Crippen molar-refractivity contribution in [1.29, 1.82) is 0 Å². The molecule has 1 heterocycles. The summed E-state index contributed by atoms with van der Waals surface area (Å²) in [6.07, 6.45) is 0.180. The molecule has 19 heavy (non-hydrogen) atoms. The number of rotatable bonds is 5. The summed E-state index contributed by atoms with van der Waals surface area (Å²) in [6.45, 7) is 7.12. The lowest BCUT2D eigenvalue weighted by atomic mass is 10.0. The molecule has 1 unspecified atom stereocenters. The van der Waals surface area contributed by atoms with Gasteiger partial charge in [-0.2, -0.15) is 0 Å². The first-order chi connectivity index (χ1) is 8.68. The molecule has 108 valence electrons. The van der Waals surface area contributed by atoms with E-state index in [1.165, 1.54) is 12.0 Å². The van der Waals surface area contributed by atoms with Crippen molar-refractivity contribution in [3.05, 3.63) is 0 Å². The number of carbonyl (C=O) groups is 3. The maximum absolute atomic E-state index is 12.0. The van der Waals surface area contributed by atoms with Crippen LogP contribution in [0.4, 0.5) is 0 Å². The van der Waals surface area contributed by atoms with Crippen LogP contribution in [0.1, 0.15) is 40.5 Å². The van der Waals surface area contributed by atoms with Crippen molar-refractivity contribution >= 4 is 17.7 Å². The Morgan fingerprint density at radius 3 is 2.47 bits per heavy atom. The maximum atomic E-state index is 12.0. The van der Waals surface area contributed by atoms with Gasteiger partial charge in [0, 0.05) is 13.2 Å². The van der Waals surface area contributed by atoms with Gasteiger partial charge in [0.2, 0.25) is 11.8 Å². The summed E-state index contributed by atoms with van der Waals surface area (Å²) < 4.78 is 5.16. The van der Waals surface area contributed by atoms with Crippen molar-refractivity contribution < 1.29 is 19.1 Å². The fraction of sp³-hybridized carbons (Fsp3) is 0.769. The fourth-order valence-electron chi connectivity index (χ4n) is 2.01. The van der Waals surface area contributed by atoms with Gasteiger partial charge in [-0.05, 0) is 27.7 Å². The lowest BCUT2D eigenvalue weighted by molar-refractivity contribution is -0.142. The van der Waals surface area contributed by atoms with Crippen molar-refractivity contribution in [2.45, 2.75) is 58.2 Å². The average molecular weight is 270 g/mol. The highest BCUT2D eigenvalue weighted by atomic mass is 16.5. The molecular weight excluding hydrogens is 248 g/mol. The molecule has 0 saturated carbocycles. The lowest BCUT2D eigenvalue weighted by Crippen LogP contribution is -2.45. The van der Waals surface area contributed by atoms with Gasteiger partial charge in [-0.15, -0.1) is 0 Å². The van der Waals surface area contributed by atoms with Crippen LogP contribution in [-0.4, -0.2) is 47.4 Å². The fourth-order valence-corrected chi connectivity index (χ4v) is 2.01. The van der Waals surface area contributed by atoms with E-state index in [-0.39, 0.29) is 36.6 Å². The highest BCUT2D eigenvalue weighted by Crippen LogP contribution is 2.18. The Labute approximate surface area is 113 Å². The quantitative estimate of drug-likeness (QED) is 0.736. The Morgan fingerprint density at radius 2 is 2.05 bits per heavy atom. The summed E-state index contributed by atoms with van der Waals surface area (Å²) in [4.78, 5) is 36.7. The number of ether oxygens (including phenoxy) is 1. The normalized spacial score (nSPS) is 20.3. The average Bonchev–Trinajstić information content (AvgIpc) is 2.53. The molecule has 0 aromatic carbocycles. The molecule has 1 N–H and O–H groups in total. The van der Waals surface area contributed by atoms with Gasteiger partial charge in [-0.25, -0.2) is 0 Å². The Balaban J connectivity index is 2.62.